The molecule has 0 saturated carbocycles. The number of thiazole rings is 1. The van der Waals surface area contributed by atoms with Crippen LogP contribution in [0.2, 0.25) is 0 Å². The van der Waals surface area contributed by atoms with Crippen molar-refractivity contribution in [1.82, 2.24) is 4.57 Å². The highest BCUT2D eigenvalue weighted by molar-refractivity contribution is 7.16. The van der Waals surface area contributed by atoms with Crippen molar-refractivity contribution < 1.29 is 19.0 Å². The molecule has 2 heterocycles. The Balaban J connectivity index is 1.64. The zero-order valence-electron chi connectivity index (χ0n) is 14.7. The van der Waals surface area contributed by atoms with E-state index in [4.69, 9.17) is 14.2 Å². The molecule has 1 aromatic heterocycles. The van der Waals surface area contributed by atoms with Gasteiger partial charge in [-0.1, -0.05) is 23.5 Å². The lowest BCUT2D eigenvalue weighted by molar-refractivity contribution is -0.117. The third-order valence-corrected chi connectivity index (χ3v) is 5.43. The predicted octanol–water partition coefficient (Wildman–Crippen LogP) is 2.96. The molecule has 0 aliphatic carbocycles. The zero-order valence-corrected chi connectivity index (χ0v) is 15.6. The first-order valence-corrected chi connectivity index (χ1v) is 8.97. The predicted molar refractivity (Wildman–Crippen MR) is 98.9 cm³/mol. The van der Waals surface area contributed by atoms with Gasteiger partial charge in [0, 0.05) is 19.2 Å². The molecule has 6 nitrogen and oxygen atoms in total. The van der Waals surface area contributed by atoms with E-state index in [1.165, 1.54) is 11.3 Å². The summed E-state index contributed by atoms with van der Waals surface area (Å²) in [7, 11) is 3.53. The lowest BCUT2D eigenvalue weighted by Gasteiger charge is -2.05. The molecule has 0 unspecified atom stereocenters. The van der Waals surface area contributed by atoms with E-state index in [0.717, 1.165) is 38.6 Å². The average molecular weight is 370 g/mol. The van der Waals surface area contributed by atoms with Crippen molar-refractivity contribution in [2.75, 3.05) is 13.9 Å². The van der Waals surface area contributed by atoms with Crippen LogP contribution < -0.4 is 19.0 Å². The van der Waals surface area contributed by atoms with Crippen molar-refractivity contribution in [1.29, 1.82) is 0 Å². The summed E-state index contributed by atoms with van der Waals surface area (Å²) in [4.78, 5) is 17.4. The summed E-state index contributed by atoms with van der Waals surface area (Å²) in [6.45, 7) is 2.20. The lowest BCUT2D eigenvalue weighted by Crippen LogP contribution is -2.14. The fraction of sp³-hybridized carbons (Fsp3) is 0.263. The van der Waals surface area contributed by atoms with Gasteiger partial charge in [-0.05, 0) is 24.1 Å². The number of ether oxygens (including phenoxy) is 3. The van der Waals surface area contributed by atoms with Crippen molar-refractivity contribution in [2.24, 2.45) is 12.0 Å². The molecule has 1 aliphatic rings. The van der Waals surface area contributed by atoms with Crippen molar-refractivity contribution in [3.05, 3.63) is 46.3 Å². The molecule has 3 aromatic rings. The SMILES string of the molecule is COc1ccc(CC(=O)N=c2sc3cc4c(cc3n2C)OCO4)cc1C. The van der Waals surface area contributed by atoms with E-state index in [2.05, 4.69) is 4.99 Å². The van der Waals surface area contributed by atoms with Gasteiger partial charge in [-0.15, -0.1) is 0 Å². The average Bonchev–Trinajstić information content (AvgIpc) is 3.18. The Morgan fingerprint density at radius 2 is 2.04 bits per heavy atom. The van der Waals surface area contributed by atoms with Gasteiger partial charge >= 0.3 is 0 Å². The molecule has 134 valence electrons. The highest BCUT2D eigenvalue weighted by Gasteiger charge is 2.17. The molecule has 26 heavy (non-hydrogen) atoms. The number of nitrogens with zero attached hydrogens (tertiary/aromatic N) is 2. The molecule has 4 rings (SSSR count). The Labute approximate surface area is 154 Å². The highest BCUT2D eigenvalue weighted by atomic mass is 32.1. The van der Waals surface area contributed by atoms with Crippen LogP contribution in [0.3, 0.4) is 0 Å². The first-order chi connectivity index (χ1) is 12.5. The first-order valence-electron chi connectivity index (χ1n) is 8.15. The van der Waals surface area contributed by atoms with Gasteiger partial charge in [-0.2, -0.15) is 4.99 Å². The van der Waals surface area contributed by atoms with E-state index in [1.54, 1.807) is 7.11 Å². The van der Waals surface area contributed by atoms with Crippen LogP contribution in [-0.4, -0.2) is 24.4 Å². The molecule has 7 heteroatoms. The number of amides is 1. The first kappa shape index (κ1) is 16.7. The number of hydrogen-bond donors (Lipinski definition) is 0. The molecule has 0 radical (unpaired) electrons. The number of carbonyl (C=O) groups excluding carboxylic acids is 1. The van der Waals surface area contributed by atoms with Gasteiger partial charge in [0.2, 0.25) is 6.79 Å². The monoisotopic (exact) mass is 370 g/mol. The summed E-state index contributed by atoms with van der Waals surface area (Å²) >= 11 is 1.46. The zero-order chi connectivity index (χ0) is 18.3. The fourth-order valence-corrected chi connectivity index (χ4v) is 4.04. The van der Waals surface area contributed by atoms with Crippen LogP contribution in [0.15, 0.2) is 35.3 Å². The normalized spacial score (nSPS) is 13.4. The number of rotatable bonds is 3. The molecule has 0 N–H and O–H groups in total. The lowest BCUT2D eigenvalue weighted by atomic mass is 10.1. The molecule has 0 fully saturated rings. The minimum Gasteiger partial charge on any atom is -0.496 e. The van der Waals surface area contributed by atoms with Crippen molar-refractivity contribution >= 4 is 27.5 Å². The third kappa shape index (κ3) is 2.94. The molecule has 1 amide bonds. The number of aromatic nitrogens is 1. The van der Waals surface area contributed by atoms with Crippen LogP contribution in [0.4, 0.5) is 0 Å². The highest BCUT2D eigenvalue weighted by Crippen LogP contribution is 2.36. The molecule has 1 aliphatic heterocycles. The van der Waals surface area contributed by atoms with Crippen molar-refractivity contribution in [3.8, 4) is 17.2 Å². The van der Waals surface area contributed by atoms with E-state index in [-0.39, 0.29) is 19.1 Å². The Morgan fingerprint density at radius 3 is 2.77 bits per heavy atom. The van der Waals surface area contributed by atoms with Crippen molar-refractivity contribution in [2.45, 2.75) is 13.3 Å². The standard InChI is InChI=1S/C19H18N2O4S/c1-11-6-12(4-5-14(11)23-3)7-18(22)20-19-21(2)13-8-15-16(25-10-24-15)9-17(13)26-19/h4-6,8-9H,7,10H2,1-3H3. The summed E-state index contributed by atoms with van der Waals surface area (Å²) < 4.78 is 19.0. The summed E-state index contributed by atoms with van der Waals surface area (Å²) in [6.07, 6.45) is 0.252. The maximum Gasteiger partial charge on any atom is 0.252 e. The van der Waals surface area contributed by atoms with Gasteiger partial charge in [0.05, 0.1) is 23.7 Å². The summed E-state index contributed by atoms with van der Waals surface area (Å²) in [5.74, 6) is 2.08. The molecule has 0 bridgehead atoms. The number of aryl methyl sites for hydroxylation is 2. The summed E-state index contributed by atoms with van der Waals surface area (Å²) in [5.41, 5.74) is 2.88. The summed E-state index contributed by atoms with van der Waals surface area (Å²) in [6, 6.07) is 9.57. The number of hydrogen-bond acceptors (Lipinski definition) is 5. The van der Waals surface area contributed by atoms with Gasteiger partial charge in [0.15, 0.2) is 16.3 Å². The Morgan fingerprint density at radius 1 is 1.27 bits per heavy atom. The summed E-state index contributed by atoms with van der Waals surface area (Å²) in [5, 5.41) is 0. The van der Waals surface area contributed by atoms with Gasteiger partial charge in [-0.3, -0.25) is 4.79 Å². The second-order valence-electron chi connectivity index (χ2n) is 6.10. The second-order valence-corrected chi connectivity index (χ2v) is 7.11. The smallest absolute Gasteiger partial charge is 0.252 e. The van der Waals surface area contributed by atoms with Crippen LogP contribution in [0.25, 0.3) is 10.2 Å². The number of benzene rings is 2. The van der Waals surface area contributed by atoms with Crippen LogP contribution in [0.1, 0.15) is 11.1 Å². The van der Waals surface area contributed by atoms with Crippen LogP contribution in [0.5, 0.6) is 17.2 Å². The molecule has 0 saturated heterocycles. The van der Waals surface area contributed by atoms with Crippen molar-refractivity contribution in [3.63, 3.8) is 0 Å². The maximum absolute atomic E-state index is 12.4. The minimum absolute atomic E-state index is 0.184. The quantitative estimate of drug-likeness (QED) is 0.711. The van der Waals surface area contributed by atoms with Gasteiger partial charge in [0.25, 0.3) is 5.91 Å². The Bertz CT molecular complexity index is 1080. The number of methoxy groups -OCH3 is 1. The fourth-order valence-electron chi connectivity index (χ4n) is 3.00. The largest absolute Gasteiger partial charge is 0.496 e. The molecular weight excluding hydrogens is 352 g/mol. The van der Waals surface area contributed by atoms with Crippen LogP contribution in [0, 0.1) is 6.92 Å². The Hall–Kier alpha value is -2.80. The number of carbonyl (C=O) groups is 1. The molecular formula is C19H18N2O4S. The van der Waals surface area contributed by atoms with Gasteiger partial charge in [-0.25, -0.2) is 0 Å². The Kier molecular flexibility index (Phi) is 4.16. The van der Waals surface area contributed by atoms with Crippen LogP contribution >= 0.6 is 11.3 Å². The van der Waals surface area contributed by atoms with E-state index in [9.17, 15) is 4.79 Å². The maximum atomic E-state index is 12.4. The van der Waals surface area contributed by atoms with E-state index >= 15 is 0 Å². The molecule has 0 atom stereocenters. The molecule has 0 spiro atoms. The van der Waals surface area contributed by atoms with Gasteiger partial charge < -0.3 is 18.8 Å². The van der Waals surface area contributed by atoms with Gasteiger partial charge in [0.1, 0.15) is 5.75 Å². The molecule has 2 aromatic carbocycles. The topological polar surface area (TPSA) is 62.0 Å². The minimum atomic E-state index is -0.184. The van der Waals surface area contributed by atoms with E-state index < -0.39 is 0 Å². The van der Waals surface area contributed by atoms with Crippen LogP contribution in [-0.2, 0) is 18.3 Å². The van der Waals surface area contributed by atoms with E-state index in [0.29, 0.717) is 4.80 Å². The van der Waals surface area contributed by atoms with E-state index in [1.807, 2.05) is 48.9 Å². The number of fused-ring (bicyclic) bond motifs is 2. The third-order valence-electron chi connectivity index (χ3n) is 4.34. The second kappa shape index (κ2) is 6.49.